The quantitative estimate of drug-likeness (QED) is 0.671. The molecule has 2 saturated heterocycles. The van der Waals surface area contributed by atoms with Crippen molar-refractivity contribution in [2.75, 3.05) is 13.7 Å². The first-order valence-electron chi connectivity index (χ1n) is 11.2. The highest BCUT2D eigenvalue weighted by molar-refractivity contribution is 6.61. The molecule has 0 aromatic carbocycles. The summed E-state index contributed by atoms with van der Waals surface area (Å²) in [6, 6.07) is -0.925. The van der Waals surface area contributed by atoms with Crippen LogP contribution in [0.2, 0.25) is 0 Å². The largest absolute Gasteiger partial charge is 0.513 e. The Bertz CT molecular complexity index is 850. The molecule has 0 spiro atoms. The number of H-pyrrole nitrogens is 1. The van der Waals surface area contributed by atoms with Crippen molar-refractivity contribution in [3.8, 4) is 0 Å². The summed E-state index contributed by atoms with van der Waals surface area (Å²) < 4.78 is 17.0. The fourth-order valence-electron chi connectivity index (χ4n) is 4.23. The number of hydrogen-bond donors (Lipinski definition) is 2. The molecule has 2 aliphatic rings. The second-order valence-electron chi connectivity index (χ2n) is 11.0. The van der Waals surface area contributed by atoms with Crippen molar-refractivity contribution in [1.29, 1.82) is 0 Å². The van der Waals surface area contributed by atoms with Gasteiger partial charge in [-0.2, -0.15) is 0 Å². The van der Waals surface area contributed by atoms with E-state index in [0.717, 1.165) is 12.0 Å². The molecule has 2 atom stereocenters. The molecule has 0 saturated carbocycles. The number of imidazole rings is 1. The lowest BCUT2D eigenvalue weighted by atomic mass is 9.86. The SMILES string of the molecule is COC(=O)NC(C(=O)N1CC(C)(C)CC1c1ncc(B2OC(C)(C)C(C)(C)O2)[nH]1)C(C)C. The Morgan fingerprint density at radius 2 is 1.81 bits per heavy atom. The zero-order valence-corrected chi connectivity index (χ0v) is 20.7. The van der Waals surface area contributed by atoms with Gasteiger partial charge in [-0.15, -0.1) is 0 Å². The third-order valence-corrected chi connectivity index (χ3v) is 6.83. The minimum atomic E-state index is -0.684. The Morgan fingerprint density at radius 1 is 1.22 bits per heavy atom. The number of amides is 2. The molecule has 0 aliphatic carbocycles. The number of rotatable bonds is 5. The molecule has 32 heavy (non-hydrogen) atoms. The highest BCUT2D eigenvalue weighted by Gasteiger charge is 2.53. The van der Waals surface area contributed by atoms with Crippen LogP contribution < -0.4 is 10.9 Å². The molecule has 9 nitrogen and oxygen atoms in total. The molecule has 3 heterocycles. The number of carbonyl (C=O) groups excluding carboxylic acids is 2. The zero-order valence-electron chi connectivity index (χ0n) is 20.7. The molecule has 2 fully saturated rings. The van der Waals surface area contributed by atoms with Crippen LogP contribution in [0.25, 0.3) is 0 Å². The van der Waals surface area contributed by atoms with Crippen molar-refractivity contribution >= 4 is 24.7 Å². The van der Waals surface area contributed by atoms with Gasteiger partial charge in [0.1, 0.15) is 11.9 Å². The van der Waals surface area contributed by atoms with Gasteiger partial charge in [0.15, 0.2) is 0 Å². The first-order chi connectivity index (χ1) is 14.7. The van der Waals surface area contributed by atoms with Crippen LogP contribution in [-0.2, 0) is 18.8 Å². The Hall–Kier alpha value is -2.07. The van der Waals surface area contributed by atoms with Gasteiger partial charge in [0.05, 0.1) is 29.9 Å². The normalized spacial score (nSPS) is 24.6. The average molecular weight is 448 g/mol. The van der Waals surface area contributed by atoms with E-state index in [1.165, 1.54) is 7.11 Å². The molecule has 178 valence electrons. The fraction of sp³-hybridized carbons (Fsp3) is 0.773. The van der Waals surface area contributed by atoms with Gasteiger partial charge in [0.2, 0.25) is 5.91 Å². The molecule has 0 radical (unpaired) electrons. The van der Waals surface area contributed by atoms with E-state index in [-0.39, 0.29) is 23.3 Å². The summed E-state index contributed by atoms with van der Waals surface area (Å²) >= 11 is 0. The number of aromatic amines is 1. The predicted octanol–water partition coefficient (Wildman–Crippen LogP) is 2.39. The van der Waals surface area contributed by atoms with Crippen LogP contribution in [-0.4, -0.2) is 64.9 Å². The minimum Gasteiger partial charge on any atom is -0.453 e. The van der Waals surface area contributed by atoms with Crippen molar-refractivity contribution in [3.05, 3.63) is 12.0 Å². The lowest BCUT2D eigenvalue weighted by Crippen LogP contribution is -2.51. The summed E-state index contributed by atoms with van der Waals surface area (Å²) in [6.45, 7) is 16.6. The van der Waals surface area contributed by atoms with E-state index >= 15 is 0 Å². The Balaban J connectivity index is 1.85. The second kappa shape index (κ2) is 8.37. The summed E-state index contributed by atoms with van der Waals surface area (Å²) in [5, 5.41) is 2.69. The van der Waals surface area contributed by atoms with E-state index in [0.29, 0.717) is 12.4 Å². The molecule has 0 bridgehead atoms. The standard InChI is InChI=1S/C22H37BN4O5/c1-13(2)16(26-19(29)30-9)18(28)27-12-20(3,4)10-14(27)17-24-11-15(25-17)23-31-21(5,6)22(7,8)32-23/h11,13-14,16H,10,12H2,1-9H3,(H,24,25)(H,26,29). The molecule has 10 heteroatoms. The van der Waals surface area contributed by atoms with E-state index in [1.807, 2.05) is 46.4 Å². The van der Waals surface area contributed by atoms with Crippen LogP contribution >= 0.6 is 0 Å². The van der Waals surface area contributed by atoms with Gasteiger partial charge in [-0.3, -0.25) is 4.79 Å². The molecular formula is C22H37BN4O5. The highest BCUT2D eigenvalue weighted by Crippen LogP contribution is 2.42. The second-order valence-corrected chi connectivity index (χ2v) is 11.0. The van der Waals surface area contributed by atoms with Crippen LogP contribution in [0.4, 0.5) is 4.79 Å². The molecule has 1 aromatic rings. The fourth-order valence-corrected chi connectivity index (χ4v) is 4.23. The van der Waals surface area contributed by atoms with Gasteiger partial charge >= 0.3 is 13.2 Å². The lowest BCUT2D eigenvalue weighted by Gasteiger charge is -2.32. The van der Waals surface area contributed by atoms with Crippen molar-refractivity contribution < 1.29 is 23.6 Å². The van der Waals surface area contributed by atoms with E-state index in [1.54, 1.807) is 6.20 Å². The molecular weight excluding hydrogens is 411 g/mol. The summed E-state index contributed by atoms with van der Waals surface area (Å²) in [5.74, 6) is 0.451. The first-order valence-corrected chi connectivity index (χ1v) is 11.2. The predicted molar refractivity (Wildman–Crippen MR) is 121 cm³/mol. The van der Waals surface area contributed by atoms with Crippen LogP contribution in [0.3, 0.4) is 0 Å². The van der Waals surface area contributed by atoms with Crippen molar-refractivity contribution in [1.82, 2.24) is 20.2 Å². The van der Waals surface area contributed by atoms with Gasteiger partial charge < -0.3 is 29.2 Å². The molecule has 2 amide bonds. The number of ether oxygens (including phenoxy) is 1. The maximum Gasteiger partial charge on any atom is 0.513 e. The number of methoxy groups -OCH3 is 1. The molecule has 2 aliphatic heterocycles. The summed E-state index contributed by atoms with van der Waals surface area (Å²) in [7, 11) is 0.739. The van der Waals surface area contributed by atoms with Gasteiger partial charge in [0, 0.05) is 12.7 Å². The van der Waals surface area contributed by atoms with E-state index in [4.69, 9.17) is 14.0 Å². The van der Waals surface area contributed by atoms with E-state index in [9.17, 15) is 9.59 Å². The molecule has 3 rings (SSSR count). The van der Waals surface area contributed by atoms with Gasteiger partial charge in [0.25, 0.3) is 0 Å². The maximum atomic E-state index is 13.5. The average Bonchev–Trinajstić information content (AvgIpc) is 3.33. The van der Waals surface area contributed by atoms with Crippen LogP contribution in [0, 0.1) is 11.3 Å². The summed E-state index contributed by atoms with van der Waals surface area (Å²) in [4.78, 5) is 35.1. The zero-order chi connectivity index (χ0) is 24.1. The Morgan fingerprint density at radius 3 is 2.34 bits per heavy atom. The van der Waals surface area contributed by atoms with E-state index < -0.39 is 30.5 Å². The first kappa shape index (κ1) is 24.6. The summed E-state index contributed by atoms with van der Waals surface area (Å²) in [6.07, 6.45) is 1.85. The number of aromatic nitrogens is 2. The minimum absolute atomic E-state index is 0.0928. The van der Waals surface area contributed by atoms with Crippen molar-refractivity contribution in [3.63, 3.8) is 0 Å². The van der Waals surface area contributed by atoms with Crippen LogP contribution in [0.1, 0.15) is 73.7 Å². The number of hydrogen-bond acceptors (Lipinski definition) is 6. The van der Waals surface area contributed by atoms with Crippen molar-refractivity contribution in [2.24, 2.45) is 11.3 Å². The number of nitrogens with zero attached hydrogens (tertiary/aromatic N) is 2. The Labute approximate surface area is 191 Å². The molecule has 2 unspecified atom stereocenters. The number of likely N-dealkylation sites (tertiary alicyclic amines) is 1. The highest BCUT2D eigenvalue weighted by atomic mass is 16.7. The van der Waals surface area contributed by atoms with Crippen LogP contribution in [0.15, 0.2) is 6.20 Å². The molecule has 1 aromatic heterocycles. The maximum absolute atomic E-state index is 13.5. The smallest absolute Gasteiger partial charge is 0.453 e. The van der Waals surface area contributed by atoms with Gasteiger partial charge in [-0.1, -0.05) is 27.7 Å². The number of alkyl carbamates (subject to hydrolysis) is 1. The Kier molecular flexibility index (Phi) is 6.43. The third-order valence-electron chi connectivity index (χ3n) is 6.83. The van der Waals surface area contributed by atoms with Crippen molar-refractivity contribution in [2.45, 2.75) is 85.1 Å². The lowest BCUT2D eigenvalue weighted by molar-refractivity contribution is -0.135. The number of carbonyl (C=O) groups is 2. The number of nitrogens with one attached hydrogen (secondary N) is 2. The molecule has 2 N–H and O–H groups in total. The summed E-state index contributed by atoms with van der Waals surface area (Å²) in [5.41, 5.74) is -0.275. The monoisotopic (exact) mass is 448 g/mol. The van der Waals surface area contributed by atoms with Gasteiger partial charge in [-0.25, -0.2) is 9.78 Å². The topological polar surface area (TPSA) is 106 Å². The van der Waals surface area contributed by atoms with Crippen LogP contribution in [0.5, 0.6) is 0 Å². The third kappa shape index (κ3) is 4.66. The van der Waals surface area contributed by atoms with E-state index in [2.05, 4.69) is 29.1 Å². The van der Waals surface area contributed by atoms with Gasteiger partial charge in [-0.05, 0) is 45.4 Å².